The zero-order valence-electron chi connectivity index (χ0n) is 12.3. The van der Waals surface area contributed by atoms with Crippen LogP contribution in [0.15, 0.2) is 30.6 Å². The lowest BCUT2D eigenvalue weighted by molar-refractivity contribution is 0.455. The minimum absolute atomic E-state index is 0.401. The van der Waals surface area contributed by atoms with Crippen LogP contribution in [0.2, 0.25) is 0 Å². The second kappa shape index (κ2) is 7.25. The van der Waals surface area contributed by atoms with Gasteiger partial charge in [-0.15, -0.1) is 0 Å². The quantitative estimate of drug-likeness (QED) is 0.880. The van der Waals surface area contributed by atoms with E-state index in [-0.39, 0.29) is 0 Å². The summed E-state index contributed by atoms with van der Waals surface area (Å²) in [5.41, 5.74) is 1.93. The maximum Gasteiger partial charge on any atom is 0.227 e. The van der Waals surface area contributed by atoms with Gasteiger partial charge in [-0.1, -0.05) is 19.1 Å². The highest BCUT2D eigenvalue weighted by Gasteiger charge is 2.11. The number of hydrogen-bond donors (Lipinski definition) is 1. The summed E-state index contributed by atoms with van der Waals surface area (Å²) < 4.78 is 5.85. The summed E-state index contributed by atoms with van der Waals surface area (Å²) in [6.07, 6.45) is 2.68. The molecule has 0 fully saturated rings. The number of rotatable bonds is 6. The maximum absolute atomic E-state index is 8.67. The second-order valence-corrected chi connectivity index (χ2v) is 4.47. The summed E-state index contributed by atoms with van der Waals surface area (Å²) in [5, 5.41) is 11.9. The van der Waals surface area contributed by atoms with Crippen molar-refractivity contribution in [3.63, 3.8) is 0 Å². The van der Waals surface area contributed by atoms with Crippen LogP contribution in [0, 0.1) is 11.3 Å². The lowest BCUT2D eigenvalue weighted by Crippen LogP contribution is -2.05. The molecule has 0 saturated carbocycles. The van der Waals surface area contributed by atoms with Crippen LogP contribution >= 0.6 is 0 Å². The van der Waals surface area contributed by atoms with Gasteiger partial charge in [0, 0.05) is 6.54 Å². The fraction of sp³-hybridized carbons (Fsp3) is 0.312. The van der Waals surface area contributed by atoms with Gasteiger partial charge in [-0.25, -0.2) is 9.97 Å². The van der Waals surface area contributed by atoms with E-state index < -0.39 is 0 Å². The Balaban J connectivity index is 2.22. The lowest BCUT2D eigenvalue weighted by Gasteiger charge is -2.12. The third-order valence-corrected chi connectivity index (χ3v) is 3.02. The fourth-order valence-electron chi connectivity index (χ4n) is 2.00. The van der Waals surface area contributed by atoms with Gasteiger partial charge in [0.25, 0.3) is 0 Å². The number of ether oxygens (including phenoxy) is 1. The molecule has 0 unspecified atom stereocenters. The Morgan fingerprint density at radius 3 is 2.57 bits per heavy atom. The Kier molecular flexibility index (Phi) is 5.10. The van der Waals surface area contributed by atoms with Gasteiger partial charge >= 0.3 is 0 Å². The van der Waals surface area contributed by atoms with Gasteiger partial charge in [0.1, 0.15) is 17.9 Å². The SMILES string of the molecule is CCNc1ncnc(Oc2ccc(CC#N)cc2)c1CC. The first-order valence-electron chi connectivity index (χ1n) is 7.00. The van der Waals surface area contributed by atoms with Crippen molar-refractivity contribution < 1.29 is 4.74 Å². The van der Waals surface area contributed by atoms with Crippen LogP contribution in [0.1, 0.15) is 25.0 Å². The number of nitriles is 1. The van der Waals surface area contributed by atoms with E-state index in [1.165, 1.54) is 6.33 Å². The molecule has 0 spiro atoms. The van der Waals surface area contributed by atoms with E-state index in [1.54, 1.807) is 0 Å². The molecule has 5 heteroatoms. The highest BCUT2D eigenvalue weighted by molar-refractivity contribution is 5.49. The molecule has 0 aliphatic rings. The first-order chi connectivity index (χ1) is 10.3. The minimum atomic E-state index is 0.401. The van der Waals surface area contributed by atoms with E-state index in [9.17, 15) is 0 Å². The second-order valence-electron chi connectivity index (χ2n) is 4.47. The third kappa shape index (κ3) is 3.69. The zero-order valence-corrected chi connectivity index (χ0v) is 12.3. The molecule has 2 aromatic rings. The van der Waals surface area contributed by atoms with Crippen LogP contribution in [-0.4, -0.2) is 16.5 Å². The van der Waals surface area contributed by atoms with Gasteiger partial charge < -0.3 is 10.1 Å². The van der Waals surface area contributed by atoms with Crippen molar-refractivity contribution in [3.05, 3.63) is 41.7 Å². The number of aromatic nitrogens is 2. The Bertz CT molecular complexity index is 632. The van der Waals surface area contributed by atoms with Crippen LogP contribution < -0.4 is 10.1 Å². The summed E-state index contributed by atoms with van der Waals surface area (Å²) in [5.74, 6) is 2.08. The normalized spacial score (nSPS) is 9.95. The van der Waals surface area contributed by atoms with Gasteiger partial charge in [0.2, 0.25) is 5.88 Å². The molecule has 2 rings (SSSR count). The molecule has 0 amide bonds. The van der Waals surface area contributed by atoms with Crippen LogP contribution in [0.5, 0.6) is 11.6 Å². The van der Waals surface area contributed by atoms with Crippen molar-refractivity contribution in [1.29, 1.82) is 5.26 Å². The van der Waals surface area contributed by atoms with Crippen molar-refractivity contribution in [3.8, 4) is 17.7 Å². The Hall–Kier alpha value is -2.61. The number of nitrogens with zero attached hydrogens (tertiary/aromatic N) is 3. The van der Waals surface area contributed by atoms with E-state index >= 15 is 0 Å². The van der Waals surface area contributed by atoms with Crippen LogP contribution in [0.3, 0.4) is 0 Å². The number of benzene rings is 1. The number of nitrogens with one attached hydrogen (secondary N) is 1. The largest absolute Gasteiger partial charge is 0.439 e. The Labute approximate surface area is 124 Å². The number of anilines is 1. The van der Waals surface area contributed by atoms with Gasteiger partial charge in [0.05, 0.1) is 18.1 Å². The van der Waals surface area contributed by atoms with Crippen LogP contribution in [0.25, 0.3) is 0 Å². The molecule has 0 aliphatic heterocycles. The summed E-state index contributed by atoms with van der Waals surface area (Å²) >= 11 is 0. The van der Waals surface area contributed by atoms with Crippen LogP contribution in [-0.2, 0) is 12.8 Å². The van der Waals surface area contributed by atoms with Crippen molar-refractivity contribution >= 4 is 5.82 Å². The van der Waals surface area contributed by atoms with Crippen molar-refractivity contribution in [2.24, 2.45) is 0 Å². The maximum atomic E-state index is 8.67. The molecule has 108 valence electrons. The molecule has 1 heterocycles. The Morgan fingerprint density at radius 1 is 1.19 bits per heavy atom. The first-order valence-corrected chi connectivity index (χ1v) is 7.00. The van der Waals surface area contributed by atoms with Gasteiger partial charge in [-0.3, -0.25) is 0 Å². The third-order valence-electron chi connectivity index (χ3n) is 3.02. The van der Waals surface area contributed by atoms with E-state index in [1.807, 2.05) is 38.1 Å². The van der Waals surface area contributed by atoms with Crippen molar-refractivity contribution in [2.75, 3.05) is 11.9 Å². The molecule has 1 aromatic heterocycles. The molecule has 0 saturated heterocycles. The Morgan fingerprint density at radius 2 is 1.95 bits per heavy atom. The van der Waals surface area contributed by atoms with Gasteiger partial charge in [0.15, 0.2) is 0 Å². The summed E-state index contributed by atoms with van der Waals surface area (Å²) in [7, 11) is 0. The summed E-state index contributed by atoms with van der Waals surface area (Å²) in [6.45, 7) is 4.87. The molecule has 21 heavy (non-hydrogen) atoms. The molecular weight excluding hydrogens is 264 g/mol. The molecule has 5 nitrogen and oxygen atoms in total. The smallest absolute Gasteiger partial charge is 0.227 e. The minimum Gasteiger partial charge on any atom is -0.439 e. The molecule has 0 bridgehead atoms. The topological polar surface area (TPSA) is 70.8 Å². The van der Waals surface area contributed by atoms with Gasteiger partial charge in [-0.05, 0) is 31.0 Å². The van der Waals surface area contributed by atoms with E-state index in [2.05, 4.69) is 21.4 Å². The van der Waals surface area contributed by atoms with Crippen molar-refractivity contribution in [2.45, 2.75) is 26.7 Å². The average Bonchev–Trinajstić information content (AvgIpc) is 2.50. The molecule has 1 aromatic carbocycles. The summed E-state index contributed by atoms with van der Waals surface area (Å²) in [6, 6.07) is 9.59. The predicted octanol–water partition coefficient (Wildman–Crippen LogP) is 3.33. The predicted molar refractivity (Wildman–Crippen MR) is 81.4 cm³/mol. The van der Waals surface area contributed by atoms with Gasteiger partial charge in [-0.2, -0.15) is 5.26 Å². The highest BCUT2D eigenvalue weighted by Crippen LogP contribution is 2.27. The van der Waals surface area contributed by atoms with E-state index in [0.29, 0.717) is 18.1 Å². The van der Waals surface area contributed by atoms with Crippen LogP contribution in [0.4, 0.5) is 5.82 Å². The molecule has 0 radical (unpaired) electrons. The highest BCUT2D eigenvalue weighted by atomic mass is 16.5. The number of hydrogen-bond acceptors (Lipinski definition) is 5. The van der Waals surface area contributed by atoms with E-state index in [4.69, 9.17) is 10.00 Å². The monoisotopic (exact) mass is 282 g/mol. The molecule has 0 atom stereocenters. The lowest BCUT2D eigenvalue weighted by atomic mass is 10.1. The summed E-state index contributed by atoms with van der Waals surface area (Å²) in [4.78, 5) is 8.46. The zero-order chi connectivity index (χ0) is 15.1. The molecule has 0 aliphatic carbocycles. The average molecular weight is 282 g/mol. The first kappa shape index (κ1) is 14.8. The van der Waals surface area contributed by atoms with Crippen molar-refractivity contribution in [1.82, 2.24) is 9.97 Å². The molecular formula is C16H18N4O. The van der Waals surface area contributed by atoms with E-state index in [0.717, 1.165) is 29.9 Å². The standard InChI is InChI=1S/C16H18N4O/c1-3-14-15(18-4-2)19-11-20-16(14)21-13-7-5-12(6-8-13)9-10-17/h5-8,11H,3-4,9H2,1-2H3,(H,18,19,20). The molecule has 1 N–H and O–H groups in total. The fourth-order valence-corrected chi connectivity index (χ4v) is 2.00.